The molecule has 0 amide bonds. The van der Waals surface area contributed by atoms with Gasteiger partial charge in [0.2, 0.25) is 0 Å². The second-order valence-corrected chi connectivity index (χ2v) is 4.77. The quantitative estimate of drug-likeness (QED) is 0.665. The first-order valence-electron chi connectivity index (χ1n) is 7.07. The van der Waals surface area contributed by atoms with Gasteiger partial charge in [-0.05, 0) is 25.6 Å². The predicted molar refractivity (Wildman–Crippen MR) is 74.0 cm³/mol. The van der Waals surface area contributed by atoms with Crippen LogP contribution in [0.2, 0.25) is 0 Å². The van der Waals surface area contributed by atoms with Gasteiger partial charge in [0.25, 0.3) is 0 Å². The van der Waals surface area contributed by atoms with Gasteiger partial charge in [-0.3, -0.25) is 4.98 Å². The van der Waals surface area contributed by atoms with Crippen molar-refractivity contribution in [1.82, 2.24) is 10.3 Å². The Kier molecular flexibility index (Phi) is 7.58. The van der Waals surface area contributed by atoms with Crippen LogP contribution in [0.1, 0.15) is 63.6 Å². The van der Waals surface area contributed by atoms with E-state index in [1.54, 1.807) is 12.3 Å². The van der Waals surface area contributed by atoms with Gasteiger partial charge >= 0.3 is 0 Å². The lowest BCUT2D eigenvalue weighted by Gasteiger charge is -2.15. The first-order chi connectivity index (χ1) is 8.79. The molecule has 0 aliphatic rings. The summed E-state index contributed by atoms with van der Waals surface area (Å²) in [5.74, 6) is -0.206. The Morgan fingerprint density at radius 2 is 1.94 bits per heavy atom. The molecule has 1 heterocycles. The van der Waals surface area contributed by atoms with Crippen LogP contribution in [0.25, 0.3) is 0 Å². The van der Waals surface area contributed by atoms with Crippen LogP contribution in [0, 0.1) is 5.82 Å². The monoisotopic (exact) mass is 252 g/mol. The minimum atomic E-state index is -0.206. The molecule has 1 N–H and O–H groups in total. The summed E-state index contributed by atoms with van der Waals surface area (Å²) in [6.07, 6.45) is 10.2. The number of nitrogens with zero attached hydrogens (tertiary/aromatic N) is 1. The highest BCUT2D eigenvalue weighted by molar-refractivity contribution is 5.11. The third-order valence-corrected chi connectivity index (χ3v) is 3.31. The molecule has 3 heteroatoms. The normalized spacial score (nSPS) is 12.6. The molecule has 18 heavy (non-hydrogen) atoms. The molecule has 1 unspecified atom stereocenters. The highest BCUT2D eigenvalue weighted by Crippen LogP contribution is 2.20. The van der Waals surface area contributed by atoms with Crippen LogP contribution < -0.4 is 5.32 Å². The van der Waals surface area contributed by atoms with Crippen molar-refractivity contribution < 1.29 is 4.39 Å². The lowest BCUT2D eigenvalue weighted by molar-refractivity contribution is 0.464. The maximum Gasteiger partial charge on any atom is 0.146 e. The largest absolute Gasteiger partial charge is 0.312 e. The molecule has 102 valence electrons. The minimum absolute atomic E-state index is 0.0392. The maximum atomic E-state index is 13.6. The van der Waals surface area contributed by atoms with Crippen LogP contribution in [-0.4, -0.2) is 12.0 Å². The van der Waals surface area contributed by atoms with E-state index in [-0.39, 0.29) is 11.9 Å². The van der Waals surface area contributed by atoms with Crippen molar-refractivity contribution in [2.75, 3.05) is 7.05 Å². The summed E-state index contributed by atoms with van der Waals surface area (Å²) in [7, 11) is 1.87. The summed E-state index contributed by atoms with van der Waals surface area (Å²) in [5.41, 5.74) is 0.550. The topological polar surface area (TPSA) is 24.9 Å². The smallest absolute Gasteiger partial charge is 0.146 e. The molecule has 0 aliphatic carbocycles. The zero-order valence-electron chi connectivity index (χ0n) is 11.6. The Balaban J connectivity index is 2.32. The summed E-state index contributed by atoms with van der Waals surface area (Å²) in [4.78, 5) is 4.14. The number of hydrogen-bond acceptors (Lipinski definition) is 2. The number of unbranched alkanes of at least 4 members (excludes halogenated alkanes) is 5. The van der Waals surface area contributed by atoms with Gasteiger partial charge in [0.1, 0.15) is 5.82 Å². The molecule has 2 nitrogen and oxygen atoms in total. The Labute approximate surface area is 110 Å². The highest BCUT2D eigenvalue weighted by atomic mass is 19.1. The number of hydrogen-bond donors (Lipinski definition) is 1. The molecule has 1 aromatic heterocycles. The van der Waals surface area contributed by atoms with E-state index >= 15 is 0 Å². The molecular weight excluding hydrogens is 227 g/mol. The van der Waals surface area contributed by atoms with Crippen molar-refractivity contribution in [2.24, 2.45) is 0 Å². The molecule has 1 atom stereocenters. The Bertz CT molecular complexity index is 328. The maximum absolute atomic E-state index is 13.6. The zero-order valence-corrected chi connectivity index (χ0v) is 11.6. The van der Waals surface area contributed by atoms with Gasteiger partial charge < -0.3 is 5.32 Å². The predicted octanol–water partition coefficient (Wildman–Crippen LogP) is 4.23. The van der Waals surface area contributed by atoms with Crippen LogP contribution in [0.3, 0.4) is 0 Å². The van der Waals surface area contributed by atoms with E-state index < -0.39 is 0 Å². The van der Waals surface area contributed by atoms with Crippen molar-refractivity contribution in [1.29, 1.82) is 0 Å². The van der Waals surface area contributed by atoms with Crippen LogP contribution in [0.15, 0.2) is 18.3 Å². The van der Waals surface area contributed by atoms with Crippen molar-refractivity contribution in [3.05, 3.63) is 29.8 Å². The van der Waals surface area contributed by atoms with Gasteiger partial charge in [-0.1, -0.05) is 45.4 Å². The van der Waals surface area contributed by atoms with Crippen molar-refractivity contribution in [3.63, 3.8) is 0 Å². The fourth-order valence-electron chi connectivity index (χ4n) is 2.20. The molecule has 0 fully saturated rings. The van der Waals surface area contributed by atoms with Crippen LogP contribution in [-0.2, 0) is 0 Å². The molecular formula is C15H25FN2. The zero-order chi connectivity index (χ0) is 13.2. The second-order valence-electron chi connectivity index (χ2n) is 4.77. The molecule has 0 spiro atoms. The van der Waals surface area contributed by atoms with E-state index in [4.69, 9.17) is 0 Å². The molecule has 1 aromatic rings. The number of pyridine rings is 1. The summed E-state index contributed by atoms with van der Waals surface area (Å²) < 4.78 is 13.6. The molecule has 0 aliphatic heterocycles. The molecule has 0 saturated heterocycles. The van der Waals surface area contributed by atoms with E-state index in [9.17, 15) is 4.39 Å². The second kappa shape index (κ2) is 9.03. The SMILES string of the molecule is CCCCCCCCC(NC)c1ncccc1F. The summed E-state index contributed by atoms with van der Waals surface area (Å²) in [5, 5.41) is 3.16. The van der Waals surface area contributed by atoms with E-state index in [0.29, 0.717) is 5.69 Å². The van der Waals surface area contributed by atoms with Crippen molar-refractivity contribution >= 4 is 0 Å². The highest BCUT2D eigenvalue weighted by Gasteiger charge is 2.14. The first-order valence-corrected chi connectivity index (χ1v) is 7.07. The third kappa shape index (κ3) is 5.13. The van der Waals surface area contributed by atoms with Gasteiger partial charge in [-0.25, -0.2) is 4.39 Å². The lowest BCUT2D eigenvalue weighted by Crippen LogP contribution is -2.19. The van der Waals surface area contributed by atoms with Gasteiger partial charge in [0.15, 0.2) is 0 Å². The van der Waals surface area contributed by atoms with Crippen LogP contribution in [0.4, 0.5) is 4.39 Å². The Morgan fingerprint density at radius 3 is 2.61 bits per heavy atom. The average molecular weight is 252 g/mol. The van der Waals surface area contributed by atoms with Gasteiger partial charge in [0.05, 0.1) is 11.7 Å². The molecule has 0 bridgehead atoms. The number of rotatable bonds is 9. The van der Waals surface area contributed by atoms with E-state index in [1.165, 1.54) is 38.2 Å². The van der Waals surface area contributed by atoms with E-state index in [1.807, 2.05) is 7.05 Å². The number of nitrogens with one attached hydrogen (secondary N) is 1. The van der Waals surface area contributed by atoms with E-state index in [0.717, 1.165) is 12.8 Å². The molecule has 1 rings (SSSR count). The van der Waals surface area contributed by atoms with Crippen LogP contribution >= 0.6 is 0 Å². The number of halogens is 1. The van der Waals surface area contributed by atoms with E-state index in [2.05, 4.69) is 17.2 Å². The Morgan fingerprint density at radius 1 is 1.22 bits per heavy atom. The van der Waals surface area contributed by atoms with Gasteiger partial charge in [-0.2, -0.15) is 0 Å². The lowest BCUT2D eigenvalue weighted by atomic mass is 10.0. The first kappa shape index (κ1) is 15.1. The minimum Gasteiger partial charge on any atom is -0.312 e. The fraction of sp³-hybridized carbons (Fsp3) is 0.667. The van der Waals surface area contributed by atoms with Gasteiger partial charge in [0, 0.05) is 6.20 Å². The van der Waals surface area contributed by atoms with Crippen LogP contribution in [0.5, 0.6) is 0 Å². The molecule has 0 saturated carbocycles. The molecule has 0 aromatic carbocycles. The standard InChI is InChI=1S/C15H25FN2/c1-3-4-5-6-7-8-11-14(17-2)15-13(16)10-9-12-18-15/h9-10,12,14,17H,3-8,11H2,1-2H3. The fourth-order valence-corrected chi connectivity index (χ4v) is 2.20. The summed E-state index contributed by atoms with van der Waals surface area (Å²) >= 11 is 0. The molecule has 0 radical (unpaired) electrons. The van der Waals surface area contributed by atoms with Crippen molar-refractivity contribution in [2.45, 2.75) is 57.9 Å². The third-order valence-electron chi connectivity index (χ3n) is 3.31. The number of aromatic nitrogens is 1. The average Bonchev–Trinajstić information content (AvgIpc) is 2.39. The van der Waals surface area contributed by atoms with Crippen molar-refractivity contribution in [3.8, 4) is 0 Å². The van der Waals surface area contributed by atoms with Gasteiger partial charge in [-0.15, -0.1) is 0 Å². The summed E-state index contributed by atoms with van der Waals surface area (Å²) in [6.45, 7) is 2.22. The summed E-state index contributed by atoms with van der Waals surface area (Å²) in [6, 6.07) is 3.15. The Hall–Kier alpha value is -0.960.